The van der Waals surface area contributed by atoms with Crippen molar-refractivity contribution < 1.29 is 33.3 Å². The first kappa shape index (κ1) is 15.3. The van der Waals surface area contributed by atoms with E-state index in [1.807, 2.05) is 0 Å². The summed E-state index contributed by atoms with van der Waals surface area (Å²) in [6, 6.07) is 2.63. The lowest BCUT2D eigenvalue weighted by Gasteiger charge is -2.18. The first-order valence-corrected chi connectivity index (χ1v) is 5.17. The smallest absolute Gasteiger partial charge is 0.418 e. The van der Waals surface area contributed by atoms with Crippen LogP contribution in [0.4, 0.5) is 18.9 Å². The van der Waals surface area contributed by atoms with Crippen molar-refractivity contribution in [1.82, 2.24) is 0 Å². The van der Waals surface area contributed by atoms with Crippen LogP contribution in [0.5, 0.6) is 0 Å². The normalized spacial score (nSPS) is 15.0. The summed E-state index contributed by atoms with van der Waals surface area (Å²) in [6.07, 6.45) is -8.93. The van der Waals surface area contributed by atoms with Gasteiger partial charge in [-0.3, -0.25) is 4.79 Å². The fourth-order valence-corrected chi connectivity index (χ4v) is 1.52. The maximum absolute atomic E-state index is 12.6. The summed E-state index contributed by atoms with van der Waals surface area (Å²) in [4.78, 5) is 10.4. The van der Waals surface area contributed by atoms with E-state index in [4.69, 9.17) is 10.8 Å². The Morgan fingerprint density at radius 1 is 1.32 bits per heavy atom. The highest BCUT2D eigenvalue weighted by Crippen LogP contribution is 2.35. The number of carboxylic acid groups (broad SMARTS) is 1. The summed E-state index contributed by atoms with van der Waals surface area (Å²) >= 11 is 0. The molecule has 0 heterocycles. The SMILES string of the molecule is Nc1ccc(C(O)C(O)CC(=O)O)cc1C(F)(F)F. The van der Waals surface area contributed by atoms with E-state index in [9.17, 15) is 28.2 Å². The zero-order valence-electron chi connectivity index (χ0n) is 9.55. The molecule has 5 nitrogen and oxygen atoms in total. The van der Waals surface area contributed by atoms with Gasteiger partial charge in [0, 0.05) is 5.69 Å². The monoisotopic (exact) mass is 279 g/mol. The topological polar surface area (TPSA) is 104 Å². The number of aliphatic carboxylic acids is 1. The largest absolute Gasteiger partial charge is 0.481 e. The highest BCUT2D eigenvalue weighted by Gasteiger charge is 2.34. The predicted molar refractivity (Wildman–Crippen MR) is 59.1 cm³/mol. The third-order valence-corrected chi connectivity index (χ3v) is 2.47. The van der Waals surface area contributed by atoms with Crippen LogP contribution in [0.3, 0.4) is 0 Å². The molecule has 1 rings (SSSR count). The quantitative estimate of drug-likeness (QED) is 0.619. The molecule has 8 heteroatoms. The Morgan fingerprint density at radius 3 is 2.37 bits per heavy atom. The van der Waals surface area contributed by atoms with Crippen molar-refractivity contribution in [2.45, 2.75) is 24.8 Å². The average molecular weight is 279 g/mol. The van der Waals surface area contributed by atoms with Crippen molar-refractivity contribution in [3.63, 3.8) is 0 Å². The first-order chi connectivity index (χ1) is 8.62. The fraction of sp³-hybridized carbons (Fsp3) is 0.364. The Kier molecular flexibility index (Phi) is 4.38. The number of alkyl halides is 3. The number of carboxylic acids is 1. The van der Waals surface area contributed by atoms with Crippen molar-refractivity contribution in [2.75, 3.05) is 5.73 Å². The third kappa shape index (κ3) is 3.83. The molecule has 2 unspecified atom stereocenters. The summed E-state index contributed by atoms with van der Waals surface area (Å²) in [5.74, 6) is -1.38. The number of benzene rings is 1. The predicted octanol–water partition coefficient (Wildman–Crippen LogP) is 1.16. The molecule has 0 aliphatic carbocycles. The number of rotatable bonds is 4. The molecular formula is C11H12F3NO4. The van der Waals surface area contributed by atoms with Crippen molar-refractivity contribution >= 4 is 11.7 Å². The van der Waals surface area contributed by atoms with Gasteiger partial charge in [0.1, 0.15) is 6.10 Å². The summed E-state index contributed by atoms with van der Waals surface area (Å²) in [5, 5.41) is 27.4. The van der Waals surface area contributed by atoms with E-state index < -0.39 is 42.0 Å². The Labute approximate surface area is 106 Å². The second-order valence-electron chi connectivity index (χ2n) is 3.95. The van der Waals surface area contributed by atoms with Crippen LogP contribution in [-0.4, -0.2) is 27.4 Å². The van der Waals surface area contributed by atoms with Gasteiger partial charge >= 0.3 is 12.1 Å². The van der Waals surface area contributed by atoms with E-state index in [0.717, 1.165) is 12.1 Å². The van der Waals surface area contributed by atoms with Gasteiger partial charge in [0.25, 0.3) is 0 Å². The number of anilines is 1. The molecule has 0 saturated heterocycles. The van der Waals surface area contributed by atoms with Gasteiger partial charge in [0.15, 0.2) is 0 Å². The first-order valence-electron chi connectivity index (χ1n) is 5.17. The number of halogens is 3. The zero-order valence-corrected chi connectivity index (χ0v) is 9.55. The molecule has 0 fully saturated rings. The van der Waals surface area contributed by atoms with Gasteiger partial charge in [-0.1, -0.05) is 6.07 Å². The number of carbonyl (C=O) groups is 1. The maximum Gasteiger partial charge on any atom is 0.418 e. The molecule has 0 spiro atoms. The van der Waals surface area contributed by atoms with E-state index in [-0.39, 0.29) is 5.56 Å². The van der Waals surface area contributed by atoms with Crippen LogP contribution in [0.2, 0.25) is 0 Å². The molecule has 106 valence electrons. The molecule has 1 aromatic rings. The Hall–Kier alpha value is -1.80. The zero-order chi connectivity index (χ0) is 14.8. The number of nitrogens with two attached hydrogens (primary N) is 1. The van der Waals surface area contributed by atoms with Crippen LogP contribution in [0, 0.1) is 0 Å². The minimum absolute atomic E-state index is 0.254. The molecule has 5 N–H and O–H groups in total. The van der Waals surface area contributed by atoms with Crippen molar-refractivity contribution in [2.24, 2.45) is 0 Å². The summed E-state index contributed by atoms with van der Waals surface area (Å²) in [5.41, 5.74) is 3.26. The van der Waals surface area contributed by atoms with Gasteiger partial charge in [-0.25, -0.2) is 0 Å². The average Bonchev–Trinajstić information content (AvgIpc) is 2.26. The van der Waals surface area contributed by atoms with Crippen LogP contribution in [0.25, 0.3) is 0 Å². The molecule has 0 radical (unpaired) electrons. The molecule has 0 amide bonds. The second-order valence-corrected chi connectivity index (χ2v) is 3.95. The number of hydrogen-bond acceptors (Lipinski definition) is 4. The van der Waals surface area contributed by atoms with Crippen LogP contribution in [0.15, 0.2) is 18.2 Å². The van der Waals surface area contributed by atoms with Crippen LogP contribution in [-0.2, 0) is 11.0 Å². The molecule has 0 aliphatic heterocycles. The van der Waals surface area contributed by atoms with E-state index in [1.54, 1.807) is 0 Å². The lowest BCUT2D eigenvalue weighted by molar-refractivity contribution is -0.141. The standard InChI is InChI=1S/C11H12F3NO4/c12-11(13,14)6-3-5(1-2-7(6)15)10(19)8(16)4-9(17)18/h1-3,8,10,16,19H,4,15H2,(H,17,18). The highest BCUT2D eigenvalue weighted by atomic mass is 19.4. The van der Waals surface area contributed by atoms with Gasteiger partial charge in [0.2, 0.25) is 0 Å². The van der Waals surface area contributed by atoms with Gasteiger partial charge in [-0.15, -0.1) is 0 Å². The Balaban J connectivity index is 3.05. The van der Waals surface area contributed by atoms with Crippen LogP contribution < -0.4 is 5.73 Å². The van der Waals surface area contributed by atoms with Crippen molar-refractivity contribution in [3.05, 3.63) is 29.3 Å². The van der Waals surface area contributed by atoms with Crippen LogP contribution >= 0.6 is 0 Å². The number of aliphatic hydroxyl groups excluding tert-OH is 2. The second kappa shape index (κ2) is 5.45. The molecule has 0 aromatic heterocycles. The molecule has 0 saturated carbocycles. The maximum atomic E-state index is 12.6. The van der Waals surface area contributed by atoms with Gasteiger partial charge < -0.3 is 21.1 Å². The molecule has 19 heavy (non-hydrogen) atoms. The molecule has 0 bridgehead atoms. The lowest BCUT2D eigenvalue weighted by Crippen LogP contribution is -2.22. The third-order valence-electron chi connectivity index (χ3n) is 2.47. The lowest BCUT2D eigenvalue weighted by atomic mass is 9.99. The van der Waals surface area contributed by atoms with E-state index in [0.29, 0.717) is 6.07 Å². The van der Waals surface area contributed by atoms with Gasteiger partial charge in [0.05, 0.1) is 18.1 Å². The Bertz CT molecular complexity index is 475. The molecular weight excluding hydrogens is 267 g/mol. The number of hydrogen-bond donors (Lipinski definition) is 4. The molecule has 2 atom stereocenters. The van der Waals surface area contributed by atoms with E-state index in [2.05, 4.69) is 0 Å². The summed E-state index contributed by atoms with van der Waals surface area (Å²) in [6.45, 7) is 0. The van der Waals surface area contributed by atoms with Gasteiger partial charge in [-0.2, -0.15) is 13.2 Å². The summed E-state index contributed by atoms with van der Waals surface area (Å²) in [7, 11) is 0. The van der Waals surface area contributed by atoms with E-state index in [1.165, 1.54) is 0 Å². The Morgan fingerprint density at radius 2 is 1.89 bits per heavy atom. The minimum atomic E-state index is -4.70. The van der Waals surface area contributed by atoms with Gasteiger partial charge in [-0.05, 0) is 17.7 Å². The highest BCUT2D eigenvalue weighted by molar-refractivity contribution is 5.67. The van der Waals surface area contributed by atoms with Crippen molar-refractivity contribution in [1.29, 1.82) is 0 Å². The fourth-order valence-electron chi connectivity index (χ4n) is 1.52. The van der Waals surface area contributed by atoms with E-state index >= 15 is 0 Å². The van der Waals surface area contributed by atoms with Crippen molar-refractivity contribution in [3.8, 4) is 0 Å². The summed E-state index contributed by atoms with van der Waals surface area (Å²) < 4.78 is 37.8. The minimum Gasteiger partial charge on any atom is -0.481 e. The number of nitrogen functional groups attached to an aromatic ring is 1. The number of aliphatic hydroxyl groups is 2. The molecule has 0 aliphatic rings. The molecule has 1 aromatic carbocycles. The van der Waals surface area contributed by atoms with Crippen LogP contribution in [0.1, 0.15) is 23.7 Å².